The number of halogens is 1. The van der Waals surface area contributed by atoms with Crippen LogP contribution in [0.15, 0.2) is 0 Å². The van der Waals surface area contributed by atoms with Crippen LogP contribution in [0.4, 0.5) is 0 Å². The molecule has 3 heteroatoms. The maximum Gasteiger partial charge on any atom is 0.226 e. The monoisotopic (exact) mass is 345 g/mol. The van der Waals surface area contributed by atoms with Crippen molar-refractivity contribution in [2.75, 3.05) is 11.9 Å². The lowest BCUT2D eigenvalue weighted by atomic mass is 9.77. The molecule has 0 atom stereocenters. The topological polar surface area (TPSA) is 29.1 Å². The number of amides is 1. The quantitative estimate of drug-likeness (QED) is 0.622. The number of carbonyl (C=O) groups excluding carboxylic acids is 1. The van der Waals surface area contributed by atoms with Gasteiger partial charge < -0.3 is 5.32 Å². The van der Waals surface area contributed by atoms with Crippen molar-refractivity contribution < 1.29 is 4.79 Å². The number of carbonyl (C=O) groups is 1. The highest BCUT2D eigenvalue weighted by Gasteiger charge is 2.41. The Balaban J connectivity index is 2.55. The van der Waals surface area contributed by atoms with Crippen LogP contribution in [0.2, 0.25) is 0 Å². The Morgan fingerprint density at radius 1 is 1.30 bits per heavy atom. The number of hydrogen-bond acceptors (Lipinski definition) is 1. The second-order valence-electron chi connectivity index (χ2n) is 7.72. The Bertz CT molecular complexity index is 306. The van der Waals surface area contributed by atoms with E-state index in [1.165, 1.54) is 19.3 Å². The highest BCUT2D eigenvalue weighted by Crippen LogP contribution is 2.43. The van der Waals surface area contributed by atoms with Crippen LogP contribution in [0.5, 0.6) is 0 Å². The van der Waals surface area contributed by atoms with Gasteiger partial charge >= 0.3 is 0 Å². The molecule has 0 aliphatic heterocycles. The second kappa shape index (κ2) is 7.82. The summed E-state index contributed by atoms with van der Waals surface area (Å²) in [4.78, 5) is 12.7. The van der Waals surface area contributed by atoms with E-state index in [0.717, 1.165) is 37.6 Å². The van der Waals surface area contributed by atoms with Crippen molar-refractivity contribution in [2.24, 2.45) is 16.7 Å². The summed E-state index contributed by atoms with van der Waals surface area (Å²) in [5.74, 6) is 0.913. The SMILES string of the molecule is CC(C)CC1(C(=O)NCC(C)(C)CCCBr)CCCC1. The lowest BCUT2D eigenvalue weighted by Gasteiger charge is -2.32. The molecule has 1 aliphatic carbocycles. The van der Waals surface area contributed by atoms with E-state index in [0.29, 0.717) is 11.8 Å². The molecule has 0 aromatic carbocycles. The van der Waals surface area contributed by atoms with Crippen molar-refractivity contribution in [1.82, 2.24) is 5.32 Å². The molecule has 0 heterocycles. The smallest absolute Gasteiger partial charge is 0.226 e. The first kappa shape index (κ1) is 18.0. The highest BCUT2D eigenvalue weighted by molar-refractivity contribution is 9.09. The first-order valence-corrected chi connectivity index (χ1v) is 9.28. The highest BCUT2D eigenvalue weighted by atomic mass is 79.9. The van der Waals surface area contributed by atoms with Gasteiger partial charge in [0.05, 0.1) is 0 Å². The number of nitrogens with one attached hydrogen (secondary N) is 1. The zero-order valence-corrected chi connectivity index (χ0v) is 15.3. The molecule has 118 valence electrons. The first-order chi connectivity index (χ1) is 9.31. The van der Waals surface area contributed by atoms with Gasteiger partial charge in [0.25, 0.3) is 0 Å². The summed E-state index contributed by atoms with van der Waals surface area (Å²) < 4.78 is 0. The standard InChI is InChI=1S/C17H32BrNO/c1-14(2)12-17(9-5-6-10-17)15(20)19-13-16(3,4)8-7-11-18/h14H,5-13H2,1-4H3,(H,19,20). The van der Waals surface area contributed by atoms with Crippen LogP contribution in [0.3, 0.4) is 0 Å². The van der Waals surface area contributed by atoms with Crippen LogP contribution in [-0.2, 0) is 4.79 Å². The Morgan fingerprint density at radius 3 is 2.40 bits per heavy atom. The summed E-state index contributed by atoms with van der Waals surface area (Å²) in [5.41, 5.74) is 0.126. The largest absolute Gasteiger partial charge is 0.355 e. The summed E-state index contributed by atoms with van der Waals surface area (Å²) in [6.07, 6.45) is 7.95. The fourth-order valence-corrected chi connectivity index (χ4v) is 3.78. The lowest BCUT2D eigenvalue weighted by Crippen LogP contribution is -2.43. The molecule has 1 saturated carbocycles. The number of hydrogen-bond donors (Lipinski definition) is 1. The van der Waals surface area contributed by atoms with E-state index < -0.39 is 0 Å². The lowest BCUT2D eigenvalue weighted by molar-refractivity contribution is -0.132. The summed E-state index contributed by atoms with van der Waals surface area (Å²) in [7, 11) is 0. The molecule has 0 radical (unpaired) electrons. The van der Waals surface area contributed by atoms with Crippen LogP contribution >= 0.6 is 15.9 Å². The van der Waals surface area contributed by atoms with E-state index >= 15 is 0 Å². The van der Waals surface area contributed by atoms with Crippen molar-refractivity contribution in [3.8, 4) is 0 Å². The molecule has 1 rings (SSSR count). The normalized spacial score (nSPS) is 18.5. The summed E-state index contributed by atoms with van der Waals surface area (Å²) in [5, 5.41) is 4.31. The fourth-order valence-electron chi connectivity index (χ4n) is 3.50. The number of alkyl halides is 1. The van der Waals surface area contributed by atoms with Gasteiger partial charge in [-0.3, -0.25) is 4.79 Å². The zero-order chi connectivity index (χ0) is 15.2. The average Bonchev–Trinajstić information content (AvgIpc) is 2.82. The van der Waals surface area contributed by atoms with Crippen LogP contribution in [0, 0.1) is 16.7 Å². The molecule has 0 spiro atoms. The van der Waals surface area contributed by atoms with E-state index in [9.17, 15) is 4.79 Å². The van der Waals surface area contributed by atoms with Crippen LogP contribution in [-0.4, -0.2) is 17.8 Å². The third-order valence-corrected chi connectivity index (χ3v) is 5.12. The van der Waals surface area contributed by atoms with Gasteiger partial charge in [-0.25, -0.2) is 0 Å². The maximum absolute atomic E-state index is 12.7. The summed E-state index contributed by atoms with van der Waals surface area (Å²) in [6.45, 7) is 9.76. The average molecular weight is 346 g/mol. The Hall–Kier alpha value is -0.0500. The molecule has 0 bridgehead atoms. The predicted molar refractivity (Wildman–Crippen MR) is 90.2 cm³/mol. The molecule has 2 nitrogen and oxygen atoms in total. The molecule has 1 fully saturated rings. The molecule has 0 aromatic heterocycles. The van der Waals surface area contributed by atoms with Crippen molar-refractivity contribution in [3.63, 3.8) is 0 Å². The van der Waals surface area contributed by atoms with Crippen molar-refractivity contribution in [1.29, 1.82) is 0 Å². The van der Waals surface area contributed by atoms with Gasteiger partial charge in [-0.15, -0.1) is 0 Å². The molecule has 0 aromatic rings. The third-order valence-electron chi connectivity index (χ3n) is 4.56. The molecule has 0 saturated heterocycles. The molecular formula is C17H32BrNO. The van der Waals surface area contributed by atoms with Gasteiger partial charge in [0.1, 0.15) is 0 Å². The minimum absolute atomic E-state index is 0.0698. The summed E-state index contributed by atoms with van der Waals surface area (Å²) >= 11 is 3.48. The van der Waals surface area contributed by atoms with E-state index in [1.807, 2.05) is 0 Å². The molecule has 1 N–H and O–H groups in total. The van der Waals surface area contributed by atoms with E-state index in [4.69, 9.17) is 0 Å². The summed E-state index contributed by atoms with van der Waals surface area (Å²) in [6, 6.07) is 0. The van der Waals surface area contributed by atoms with Crippen LogP contribution < -0.4 is 5.32 Å². The van der Waals surface area contributed by atoms with Gasteiger partial charge in [0.2, 0.25) is 5.91 Å². The zero-order valence-electron chi connectivity index (χ0n) is 13.7. The Kier molecular flexibility index (Phi) is 7.03. The molecule has 1 aliphatic rings. The van der Waals surface area contributed by atoms with Gasteiger partial charge in [-0.2, -0.15) is 0 Å². The van der Waals surface area contributed by atoms with Gasteiger partial charge in [0.15, 0.2) is 0 Å². The van der Waals surface area contributed by atoms with E-state index in [2.05, 4.69) is 48.9 Å². The minimum atomic E-state index is -0.0698. The van der Waals surface area contributed by atoms with Crippen LogP contribution in [0.25, 0.3) is 0 Å². The second-order valence-corrected chi connectivity index (χ2v) is 8.52. The fraction of sp³-hybridized carbons (Fsp3) is 0.941. The van der Waals surface area contributed by atoms with E-state index in [1.54, 1.807) is 0 Å². The Morgan fingerprint density at radius 2 is 1.90 bits per heavy atom. The van der Waals surface area contributed by atoms with Crippen LogP contribution in [0.1, 0.15) is 72.6 Å². The van der Waals surface area contributed by atoms with Gasteiger partial charge in [0, 0.05) is 17.3 Å². The first-order valence-electron chi connectivity index (χ1n) is 8.16. The molecule has 20 heavy (non-hydrogen) atoms. The maximum atomic E-state index is 12.7. The molecule has 0 unspecified atom stereocenters. The van der Waals surface area contributed by atoms with Crippen molar-refractivity contribution in [3.05, 3.63) is 0 Å². The Labute approximate surface area is 133 Å². The van der Waals surface area contributed by atoms with Crippen molar-refractivity contribution >= 4 is 21.8 Å². The minimum Gasteiger partial charge on any atom is -0.355 e. The molecule has 1 amide bonds. The van der Waals surface area contributed by atoms with Crippen molar-refractivity contribution in [2.45, 2.75) is 72.6 Å². The van der Waals surface area contributed by atoms with Gasteiger partial charge in [-0.05, 0) is 43.4 Å². The van der Waals surface area contributed by atoms with Gasteiger partial charge in [-0.1, -0.05) is 56.5 Å². The van der Waals surface area contributed by atoms with E-state index in [-0.39, 0.29) is 10.8 Å². The molecular weight excluding hydrogens is 314 g/mol. The third kappa shape index (κ3) is 5.38. The predicted octanol–water partition coefficient (Wildman–Crippen LogP) is 4.91. The number of rotatable bonds is 8.